The van der Waals surface area contributed by atoms with Crippen LogP contribution in [0, 0.1) is 0 Å². The molecule has 3 nitrogen and oxygen atoms in total. The summed E-state index contributed by atoms with van der Waals surface area (Å²) in [6, 6.07) is 0. The van der Waals surface area contributed by atoms with Crippen molar-refractivity contribution in [2.45, 2.75) is 0 Å². The molecule has 52 valence electrons. The van der Waals surface area contributed by atoms with E-state index in [0.717, 1.165) is 12.2 Å². The van der Waals surface area contributed by atoms with Crippen molar-refractivity contribution < 1.29 is 1.43 Å². The Kier molecular flexibility index (Phi) is 2.15. The molecule has 0 saturated heterocycles. The van der Waals surface area contributed by atoms with Gasteiger partial charge >= 0.3 is 0 Å². The van der Waals surface area contributed by atoms with Crippen molar-refractivity contribution in [1.82, 2.24) is 16.2 Å². The van der Waals surface area contributed by atoms with Gasteiger partial charge in [-0.3, -0.25) is 0 Å². The van der Waals surface area contributed by atoms with Gasteiger partial charge in [0, 0.05) is 19.9 Å². The maximum absolute atomic E-state index is 3.03. The molecule has 1 aliphatic heterocycles. The normalized spacial score (nSPS) is 15.9. The minimum atomic E-state index is 0. The molecule has 9 heavy (non-hydrogen) atoms. The quantitative estimate of drug-likeness (QED) is 0.487. The van der Waals surface area contributed by atoms with Gasteiger partial charge in [-0.05, 0) is 19.2 Å². The first kappa shape index (κ1) is 6.16. The van der Waals surface area contributed by atoms with E-state index in [9.17, 15) is 0 Å². The van der Waals surface area contributed by atoms with Crippen LogP contribution in [0.1, 0.15) is 1.43 Å². The summed E-state index contributed by atoms with van der Waals surface area (Å²) >= 11 is 0. The van der Waals surface area contributed by atoms with Crippen LogP contribution in [0.15, 0.2) is 24.0 Å². The van der Waals surface area contributed by atoms with Gasteiger partial charge in [0.1, 0.15) is 0 Å². The molecule has 1 heterocycles. The Morgan fingerprint density at radius 3 is 3.22 bits per heavy atom. The van der Waals surface area contributed by atoms with Crippen LogP contribution in [-0.4, -0.2) is 13.6 Å². The van der Waals surface area contributed by atoms with E-state index in [2.05, 4.69) is 16.2 Å². The van der Waals surface area contributed by atoms with Crippen LogP contribution in [-0.2, 0) is 0 Å². The van der Waals surface area contributed by atoms with Gasteiger partial charge in [-0.1, -0.05) is 0 Å². The maximum atomic E-state index is 3.03. The van der Waals surface area contributed by atoms with Crippen LogP contribution in [0.5, 0.6) is 0 Å². The van der Waals surface area contributed by atoms with Gasteiger partial charge in [-0.25, -0.2) is 0 Å². The highest BCUT2D eigenvalue weighted by Gasteiger charge is 1.92. The van der Waals surface area contributed by atoms with Crippen LogP contribution in [0.25, 0.3) is 0 Å². The number of hydrogen-bond acceptors (Lipinski definition) is 3. The third-order valence-corrected chi connectivity index (χ3v) is 1.08. The monoisotopic (exact) mass is 127 g/mol. The second-order valence-corrected chi connectivity index (χ2v) is 1.85. The Hall–Kier alpha value is -0.960. The number of nitrogens with one attached hydrogen (secondary N) is 3. The van der Waals surface area contributed by atoms with E-state index in [-0.39, 0.29) is 1.43 Å². The maximum Gasteiger partial charge on any atom is 0.0452 e. The highest BCUT2D eigenvalue weighted by atomic mass is 15.4. The van der Waals surface area contributed by atoms with Gasteiger partial charge < -0.3 is 16.2 Å². The van der Waals surface area contributed by atoms with E-state index in [1.54, 1.807) is 0 Å². The lowest BCUT2D eigenvalue weighted by atomic mass is 10.3. The summed E-state index contributed by atoms with van der Waals surface area (Å²) in [6.07, 6.45) is 5.83. The Labute approximate surface area is 56.3 Å². The van der Waals surface area contributed by atoms with Gasteiger partial charge in [0.05, 0.1) is 0 Å². The highest BCUT2D eigenvalue weighted by Crippen LogP contribution is 1.89. The predicted octanol–water partition coefficient (Wildman–Crippen LogP) is -0.0428. The molecule has 3 heteroatoms. The summed E-state index contributed by atoms with van der Waals surface area (Å²) in [7, 11) is 1.92. The molecule has 0 aromatic carbocycles. The molecular formula is C6H13N3. The number of hydrazine groups is 1. The Morgan fingerprint density at radius 1 is 1.78 bits per heavy atom. The zero-order valence-corrected chi connectivity index (χ0v) is 5.44. The van der Waals surface area contributed by atoms with Crippen molar-refractivity contribution in [2.24, 2.45) is 0 Å². The van der Waals surface area contributed by atoms with E-state index in [1.165, 1.54) is 0 Å². The third kappa shape index (κ3) is 1.77. The van der Waals surface area contributed by atoms with Crippen LogP contribution in [0.4, 0.5) is 0 Å². The summed E-state index contributed by atoms with van der Waals surface area (Å²) < 4.78 is 0. The first-order chi connectivity index (χ1) is 4.43. The molecule has 0 aromatic rings. The predicted molar refractivity (Wildman–Crippen MR) is 39.5 cm³/mol. The summed E-state index contributed by atoms with van der Waals surface area (Å²) in [5, 5.41) is 3.03. The van der Waals surface area contributed by atoms with Crippen molar-refractivity contribution in [3.8, 4) is 0 Å². The van der Waals surface area contributed by atoms with Crippen LogP contribution < -0.4 is 16.2 Å². The summed E-state index contributed by atoms with van der Waals surface area (Å²) in [5.74, 6) is 0. The zero-order valence-electron chi connectivity index (χ0n) is 5.44. The minimum Gasteiger partial charge on any atom is -0.314 e. The van der Waals surface area contributed by atoms with Gasteiger partial charge in [0.25, 0.3) is 0 Å². The molecule has 3 N–H and O–H groups in total. The second kappa shape index (κ2) is 3.14. The van der Waals surface area contributed by atoms with E-state index < -0.39 is 0 Å². The summed E-state index contributed by atoms with van der Waals surface area (Å²) in [6.45, 7) is 0.872. The van der Waals surface area contributed by atoms with Crippen LogP contribution in [0.2, 0.25) is 0 Å². The third-order valence-electron chi connectivity index (χ3n) is 1.08. The van der Waals surface area contributed by atoms with Gasteiger partial charge in [0.15, 0.2) is 0 Å². The molecule has 0 radical (unpaired) electrons. The molecule has 0 fully saturated rings. The van der Waals surface area contributed by atoms with E-state index in [1.807, 2.05) is 25.4 Å². The zero-order chi connectivity index (χ0) is 6.53. The smallest absolute Gasteiger partial charge is 0.0452 e. The SMILES string of the molecule is CNCC1=CC=CNN1.[HH]. The highest BCUT2D eigenvalue weighted by molar-refractivity contribution is 5.14. The molecule has 0 atom stereocenters. The van der Waals surface area contributed by atoms with E-state index in [0.29, 0.717) is 0 Å². The van der Waals surface area contributed by atoms with Crippen molar-refractivity contribution >= 4 is 0 Å². The number of rotatable bonds is 2. The minimum absolute atomic E-state index is 0. The van der Waals surface area contributed by atoms with Crippen LogP contribution in [0.3, 0.4) is 0 Å². The molecule has 0 aromatic heterocycles. The lowest BCUT2D eigenvalue weighted by molar-refractivity contribution is 0.674. The average Bonchev–Trinajstić information content (AvgIpc) is 1.91. The first-order valence-corrected chi connectivity index (χ1v) is 2.95. The Bertz CT molecular complexity index is 142. The van der Waals surface area contributed by atoms with E-state index in [4.69, 9.17) is 0 Å². The van der Waals surface area contributed by atoms with Crippen molar-refractivity contribution in [2.75, 3.05) is 13.6 Å². The molecule has 0 unspecified atom stereocenters. The molecule has 0 saturated carbocycles. The fraction of sp³-hybridized carbons (Fsp3) is 0.333. The Morgan fingerprint density at radius 2 is 2.67 bits per heavy atom. The average molecular weight is 127 g/mol. The van der Waals surface area contributed by atoms with Gasteiger partial charge in [0.2, 0.25) is 0 Å². The Balaban J connectivity index is 0.000000810. The lowest BCUT2D eigenvalue weighted by Crippen LogP contribution is -2.32. The largest absolute Gasteiger partial charge is 0.314 e. The van der Waals surface area contributed by atoms with Crippen LogP contribution >= 0.6 is 0 Å². The molecule has 0 aliphatic carbocycles. The van der Waals surface area contributed by atoms with Crippen molar-refractivity contribution in [3.05, 3.63) is 24.0 Å². The summed E-state index contributed by atoms with van der Waals surface area (Å²) in [5.41, 5.74) is 7.02. The summed E-state index contributed by atoms with van der Waals surface area (Å²) in [4.78, 5) is 0. The first-order valence-electron chi connectivity index (χ1n) is 2.95. The molecular weight excluding hydrogens is 114 g/mol. The van der Waals surface area contributed by atoms with E-state index >= 15 is 0 Å². The molecule has 1 rings (SSSR count). The molecule has 1 aliphatic rings. The molecule has 0 spiro atoms. The number of hydrogen-bond donors (Lipinski definition) is 3. The standard InChI is InChI=1S/C6H11N3.H2/c1-7-5-6-3-2-4-8-9-6;/h2-4,7-9H,5H2,1H3;1H. The topological polar surface area (TPSA) is 36.1 Å². The van der Waals surface area contributed by atoms with Gasteiger partial charge in [-0.15, -0.1) is 0 Å². The van der Waals surface area contributed by atoms with Crippen molar-refractivity contribution in [3.63, 3.8) is 0 Å². The number of likely N-dealkylation sites (N-methyl/N-ethyl adjacent to an activating group) is 1. The molecule has 0 bridgehead atoms. The molecule has 0 amide bonds. The van der Waals surface area contributed by atoms with Crippen molar-refractivity contribution in [1.29, 1.82) is 0 Å². The lowest BCUT2D eigenvalue weighted by Gasteiger charge is -2.12. The fourth-order valence-corrected chi connectivity index (χ4v) is 0.682. The second-order valence-electron chi connectivity index (χ2n) is 1.85. The number of allylic oxidation sites excluding steroid dienone is 2. The van der Waals surface area contributed by atoms with Gasteiger partial charge in [-0.2, -0.15) is 0 Å². The fourth-order valence-electron chi connectivity index (χ4n) is 0.682.